The molecule has 0 aliphatic rings. The van der Waals surface area contributed by atoms with Crippen molar-refractivity contribution in [2.45, 2.75) is 57.9 Å². The molecule has 0 spiro atoms. The van der Waals surface area contributed by atoms with Gasteiger partial charge in [-0.05, 0) is 27.5 Å². The van der Waals surface area contributed by atoms with Gasteiger partial charge in [0, 0.05) is 5.90 Å². The summed E-state index contributed by atoms with van der Waals surface area (Å²) in [4.78, 5) is 0. The van der Waals surface area contributed by atoms with E-state index in [0.29, 0.717) is 11.1 Å². The van der Waals surface area contributed by atoms with E-state index in [2.05, 4.69) is 4.40 Å². The molecule has 136 valence electrons. The lowest BCUT2D eigenvalue weighted by Gasteiger charge is -2.27. The molecule has 1 rings (SSSR count). The summed E-state index contributed by atoms with van der Waals surface area (Å²) in [5.41, 5.74) is -5.12. The van der Waals surface area contributed by atoms with Crippen molar-refractivity contribution in [3.63, 3.8) is 0 Å². The molecular formula is C16H21F3NO3S-. The second kappa shape index (κ2) is 6.06. The average molecular weight is 364 g/mol. The van der Waals surface area contributed by atoms with Gasteiger partial charge in [-0.1, -0.05) is 59.7 Å². The predicted molar refractivity (Wildman–Crippen MR) is 85.4 cm³/mol. The fourth-order valence-corrected chi connectivity index (χ4v) is 2.26. The summed E-state index contributed by atoms with van der Waals surface area (Å²) in [6.07, 6.45) is 0. The zero-order valence-electron chi connectivity index (χ0n) is 14.4. The topological polar surface area (TPSA) is 69.6 Å². The van der Waals surface area contributed by atoms with Crippen LogP contribution in [-0.2, 0) is 20.9 Å². The highest BCUT2D eigenvalue weighted by Gasteiger charge is 2.45. The van der Waals surface area contributed by atoms with E-state index in [1.165, 1.54) is 12.1 Å². The normalized spacial score (nSPS) is 14.8. The summed E-state index contributed by atoms with van der Waals surface area (Å²) in [7, 11) is -5.87. The molecule has 0 aliphatic heterocycles. The molecule has 0 fully saturated rings. The highest BCUT2D eigenvalue weighted by Crippen LogP contribution is 2.31. The molecule has 0 bridgehead atoms. The summed E-state index contributed by atoms with van der Waals surface area (Å²) < 4.78 is 61.8. The Kier molecular flexibility index (Phi) is 5.17. The Hall–Kier alpha value is -1.57. The summed E-state index contributed by atoms with van der Waals surface area (Å²) in [6, 6.07) is 4.62. The maximum absolute atomic E-state index is 12.4. The van der Waals surface area contributed by atoms with Gasteiger partial charge in [-0.25, -0.2) is 0 Å². The molecule has 0 atom stereocenters. The van der Waals surface area contributed by atoms with Crippen LogP contribution in [0.2, 0.25) is 0 Å². The van der Waals surface area contributed by atoms with E-state index in [9.17, 15) is 26.7 Å². The van der Waals surface area contributed by atoms with E-state index in [4.69, 9.17) is 0 Å². The molecule has 0 amide bonds. The molecule has 0 aliphatic carbocycles. The Morgan fingerprint density at radius 3 is 1.58 bits per heavy atom. The predicted octanol–water partition coefficient (Wildman–Crippen LogP) is 3.24. The van der Waals surface area contributed by atoms with E-state index < -0.39 is 21.4 Å². The Morgan fingerprint density at radius 1 is 0.917 bits per heavy atom. The highest BCUT2D eigenvalue weighted by molar-refractivity contribution is 7.91. The zero-order valence-corrected chi connectivity index (χ0v) is 15.3. The lowest BCUT2D eigenvalue weighted by molar-refractivity contribution is -0.212. The van der Waals surface area contributed by atoms with Crippen molar-refractivity contribution >= 4 is 15.9 Å². The minimum atomic E-state index is -5.87. The van der Waals surface area contributed by atoms with Gasteiger partial charge in [-0.2, -0.15) is 26.0 Å². The van der Waals surface area contributed by atoms with E-state index in [1.807, 2.05) is 47.6 Å². The number of alkyl halides is 3. The molecule has 0 saturated heterocycles. The van der Waals surface area contributed by atoms with Gasteiger partial charge in [0.2, 0.25) is 0 Å². The molecule has 4 nitrogen and oxygen atoms in total. The Balaban J connectivity index is 3.60. The second-order valence-corrected chi connectivity index (χ2v) is 9.21. The van der Waals surface area contributed by atoms with Crippen molar-refractivity contribution in [2.24, 2.45) is 4.40 Å². The van der Waals surface area contributed by atoms with Crippen LogP contribution in [0.15, 0.2) is 22.6 Å². The maximum atomic E-state index is 12.4. The zero-order chi connectivity index (χ0) is 19.1. The molecule has 0 N–H and O–H groups in total. The fourth-order valence-electron chi connectivity index (χ4n) is 1.83. The summed E-state index contributed by atoms with van der Waals surface area (Å²) in [5, 5.41) is 12.0. The smallest absolute Gasteiger partial charge is 0.518 e. The van der Waals surface area contributed by atoms with E-state index in [-0.39, 0.29) is 16.4 Å². The molecule has 0 saturated carbocycles. The average Bonchev–Trinajstić information content (AvgIpc) is 2.34. The fraction of sp³-hybridized carbons (Fsp3) is 0.562. The van der Waals surface area contributed by atoms with Crippen LogP contribution in [0, 0.1) is 0 Å². The van der Waals surface area contributed by atoms with Crippen LogP contribution in [-0.4, -0.2) is 19.8 Å². The number of sulfonamides is 1. The van der Waals surface area contributed by atoms with Crippen molar-refractivity contribution in [2.75, 3.05) is 0 Å². The third kappa shape index (κ3) is 4.72. The van der Waals surface area contributed by atoms with Gasteiger partial charge in [0.25, 0.3) is 0 Å². The molecule has 0 aromatic heterocycles. The SMILES string of the molecule is CC(C)(C)c1cc(/C([O-])=N/S(=O)(=O)C(F)(F)F)cc(C(C)(C)C)c1. The first-order valence-electron chi connectivity index (χ1n) is 7.20. The number of nitrogens with zero attached hydrogens (tertiary/aromatic N) is 1. The molecule has 24 heavy (non-hydrogen) atoms. The minimum absolute atomic E-state index is 0.180. The van der Waals surface area contributed by atoms with E-state index >= 15 is 0 Å². The molecule has 1 aromatic rings. The number of hydrogen-bond acceptors (Lipinski definition) is 3. The van der Waals surface area contributed by atoms with Crippen LogP contribution in [0.3, 0.4) is 0 Å². The summed E-state index contributed by atoms with van der Waals surface area (Å²) in [6.45, 7) is 11.3. The van der Waals surface area contributed by atoms with Gasteiger partial charge in [0.15, 0.2) is 0 Å². The van der Waals surface area contributed by atoms with Crippen LogP contribution in [0.1, 0.15) is 58.2 Å². The first-order valence-corrected chi connectivity index (χ1v) is 8.64. The van der Waals surface area contributed by atoms with Gasteiger partial charge in [0.05, 0.1) is 0 Å². The van der Waals surface area contributed by atoms with Crippen molar-refractivity contribution in [1.82, 2.24) is 0 Å². The number of benzene rings is 1. The maximum Gasteiger partial charge on any atom is 0.518 e. The number of rotatable bonds is 2. The highest BCUT2D eigenvalue weighted by atomic mass is 32.2. The second-order valence-electron chi connectivity index (χ2n) is 7.62. The van der Waals surface area contributed by atoms with Crippen molar-refractivity contribution in [1.29, 1.82) is 0 Å². The van der Waals surface area contributed by atoms with Crippen LogP contribution in [0.5, 0.6) is 0 Å². The summed E-state index contributed by atoms with van der Waals surface area (Å²) >= 11 is 0. The van der Waals surface area contributed by atoms with Gasteiger partial charge >= 0.3 is 15.5 Å². The van der Waals surface area contributed by atoms with Gasteiger partial charge in [-0.3, -0.25) is 0 Å². The van der Waals surface area contributed by atoms with Crippen molar-refractivity contribution in [3.8, 4) is 0 Å². The van der Waals surface area contributed by atoms with Gasteiger partial charge < -0.3 is 5.11 Å². The van der Waals surface area contributed by atoms with E-state index in [1.54, 1.807) is 0 Å². The third-order valence-corrected chi connectivity index (χ3v) is 4.40. The number of halogens is 3. The molecular weight excluding hydrogens is 343 g/mol. The first-order chi connectivity index (χ1) is 10.4. The molecule has 0 unspecified atom stereocenters. The van der Waals surface area contributed by atoms with Crippen LogP contribution >= 0.6 is 0 Å². The molecule has 0 radical (unpaired) electrons. The minimum Gasteiger partial charge on any atom is -0.858 e. The van der Waals surface area contributed by atoms with Gasteiger partial charge in [0.1, 0.15) is 0 Å². The van der Waals surface area contributed by atoms with Crippen LogP contribution in [0.25, 0.3) is 0 Å². The Bertz CT molecular complexity index is 720. The summed E-state index contributed by atoms with van der Waals surface area (Å²) in [5.74, 6) is -1.43. The monoisotopic (exact) mass is 364 g/mol. The third-order valence-electron chi connectivity index (χ3n) is 3.41. The van der Waals surface area contributed by atoms with Crippen LogP contribution < -0.4 is 5.11 Å². The molecule has 8 heteroatoms. The van der Waals surface area contributed by atoms with Crippen molar-refractivity contribution < 1.29 is 26.7 Å². The lowest BCUT2D eigenvalue weighted by atomic mass is 9.79. The van der Waals surface area contributed by atoms with Crippen molar-refractivity contribution in [3.05, 3.63) is 34.9 Å². The lowest BCUT2D eigenvalue weighted by Crippen LogP contribution is -2.28. The quantitative estimate of drug-likeness (QED) is 0.597. The number of hydrogen-bond donors (Lipinski definition) is 0. The Morgan fingerprint density at radius 2 is 1.29 bits per heavy atom. The van der Waals surface area contributed by atoms with Gasteiger partial charge in [-0.15, -0.1) is 0 Å². The largest absolute Gasteiger partial charge is 0.858 e. The first kappa shape index (κ1) is 20.5. The Labute approximate surface area is 140 Å². The molecule has 0 heterocycles. The van der Waals surface area contributed by atoms with Crippen LogP contribution in [0.4, 0.5) is 13.2 Å². The molecule has 1 aromatic carbocycles. The van der Waals surface area contributed by atoms with E-state index in [0.717, 1.165) is 0 Å². The standard InChI is InChI=1S/C16H22F3NO3S/c1-14(2,3)11-7-10(8-12(9-11)15(4,5)6)13(21)20-24(22,23)16(17,18)19/h7-9H,1-6H3,(H,20,21)/p-1.